The van der Waals surface area contributed by atoms with Gasteiger partial charge in [-0.05, 0) is 55.2 Å². The van der Waals surface area contributed by atoms with Crippen LogP contribution in [0.5, 0.6) is 0 Å². The van der Waals surface area contributed by atoms with Crippen LogP contribution in [0.2, 0.25) is 0 Å². The quantitative estimate of drug-likeness (QED) is 0.561. The number of nitrogens with one attached hydrogen (secondary N) is 3. The summed E-state index contributed by atoms with van der Waals surface area (Å²) in [5.74, 6) is -0.0427. The van der Waals surface area contributed by atoms with Crippen LogP contribution in [0.1, 0.15) is 24.0 Å². The van der Waals surface area contributed by atoms with E-state index in [1.165, 1.54) is 0 Å². The number of benzene rings is 2. The fourth-order valence-electron chi connectivity index (χ4n) is 3.43. The van der Waals surface area contributed by atoms with E-state index in [1.54, 1.807) is 6.07 Å². The van der Waals surface area contributed by atoms with Gasteiger partial charge in [0, 0.05) is 37.7 Å². The van der Waals surface area contributed by atoms with Crippen molar-refractivity contribution in [1.29, 1.82) is 0 Å². The van der Waals surface area contributed by atoms with Crippen LogP contribution in [-0.4, -0.2) is 31.7 Å². The molecule has 2 aromatic rings. The van der Waals surface area contributed by atoms with Crippen molar-refractivity contribution in [3.05, 3.63) is 59.7 Å². The van der Waals surface area contributed by atoms with Crippen LogP contribution in [0.25, 0.3) is 0 Å². The molecule has 3 rings (SSSR count). The first-order valence-electron chi connectivity index (χ1n) is 9.80. The Morgan fingerprint density at radius 3 is 2.30 bits per heavy atom. The number of urea groups is 1. The smallest absolute Gasteiger partial charge is 0.323 e. The van der Waals surface area contributed by atoms with Crippen molar-refractivity contribution in [2.45, 2.75) is 26.3 Å². The van der Waals surface area contributed by atoms with E-state index in [2.05, 4.69) is 16.0 Å². The van der Waals surface area contributed by atoms with Crippen molar-refractivity contribution < 1.29 is 14.3 Å². The molecule has 162 valence electrons. The number of amides is 3. The number of rotatable bonds is 6. The predicted octanol–water partition coefficient (Wildman–Crippen LogP) is 3.43. The summed E-state index contributed by atoms with van der Waals surface area (Å²) < 4.78 is 5.36. The highest BCUT2D eigenvalue weighted by Gasteiger charge is 2.38. The number of carbonyl (C=O) groups excluding carboxylic acids is 2. The number of nitrogens with two attached hydrogens (primary N) is 1. The SMILES string of the molecule is Cc1cccc(NC(=O)Nc2cccc(CNC(=O)C3(CN)CCOCC3)c2)c1.Cl. The number of hydrogen-bond donors (Lipinski definition) is 4. The van der Waals surface area contributed by atoms with E-state index in [0.717, 1.165) is 16.8 Å². The summed E-state index contributed by atoms with van der Waals surface area (Å²) in [6.45, 7) is 3.76. The first kappa shape index (κ1) is 23.7. The Morgan fingerprint density at radius 2 is 1.67 bits per heavy atom. The van der Waals surface area contributed by atoms with Crippen LogP contribution in [-0.2, 0) is 16.1 Å². The maximum absolute atomic E-state index is 12.7. The van der Waals surface area contributed by atoms with Crippen LogP contribution < -0.4 is 21.7 Å². The Balaban J connectivity index is 0.00000320. The monoisotopic (exact) mass is 432 g/mol. The summed E-state index contributed by atoms with van der Waals surface area (Å²) in [7, 11) is 0. The van der Waals surface area contributed by atoms with Gasteiger partial charge in [0.2, 0.25) is 5.91 Å². The zero-order valence-corrected chi connectivity index (χ0v) is 17.9. The molecule has 1 aliphatic rings. The molecule has 5 N–H and O–H groups in total. The molecule has 2 aromatic carbocycles. The lowest BCUT2D eigenvalue weighted by molar-refractivity contribution is -0.136. The number of aryl methyl sites for hydroxylation is 1. The van der Waals surface area contributed by atoms with Crippen molar-refractivity contribution in [2.24, 2.45) is 11.1 Å². The van der Waals surface area contributed by atoms with E-state index < -0.39 is 5.41 Å². The zero-order chi connectivity index (χ0) is 20.7. The zero-order valence-electron chi connectivity index (χ0n) is 17.1. The normalized spacial score (nSPS) is 14.9. The van der Waals surface area contributed by atoms with Gasteiger partial charge in [0.25, 0.3) is 0 Å². The fourth-order valence-corrected chi connectivity index (χ4v) is 3.43. The van der Waals surface area contributed by atoms with Gasteiger partial charge < -0.3 is 26.4 Å². The predicted molar refractivity (Wildman–Crippen MR) is 121 cm³/mol. The average molecular weight is 433 g/mol. The second-order valence-corrected chi connectivity index (χ2v) is 7.43. The number of halogens is 1. The third-order valence-corrected chi connectivity index (χ3v) is 5.24. The second kappa shape index (κ2) is 11.0. The molecule has 30 heavy (non-hydrogen) atoms. The minimum Gasteiger partial charge on any atom is -0.381 e. The molecule has 0 aliphatic carbocycles. The molecule has 1 heterocycles. The largest absolute Gasteiger partial charge is 0.381 e. The van der Waals surface area contributed by atoms with Gasteiger partial charge in [-0.2, -0.15) is 0 Å². The van der Waals surface area contributed by atoms with Crippen LogP contribution >= 0.6 is 12.4 Å². The van der Waals surface area contributed by atoms with E-state index in [-0.39, 0.29) is 24.3 Å². The van der Waals surface area contributed by atoms with Crippen LogP contribution in [0.3, 0.4) is 0 Å². The van der Waals surface area contributed by atoms with Gasteiger partial charge in [-0.15, -0.1) is 12.4 Å². The summed E-state index contributed by atoms with van der Waals surface area (Å²) >= 11 is 0. The van der Waals surface area contributed by atoms with E-state index in [4.69, 9.17) is 10.5 Å². The van der Waals surface area contributed by atoms with Gasteiger partial charge in [-0.3, -0.25) is 4.79 Å². The molecule has 0 spiro atoms. The Kier molecular flexibility index (Phi) is 8.65. The molecule has 3 amide bonds. The summed E-state index contributed by atoms with van der Waals surface area (Å²) in [5.41, 5.74) is 8.68. The minimum absolute atomic E-state index is 0. The van der Waals surface area contributed by atoms with E-state index in [9.17, 15) is 9.59 Å². The Morgan fingerprint density at radius 1 is 1.03 bits per heavy atom. The molecular weight excluding hydrogens is 404 g/mol. The van der Waals surface area contributed by atoms with Crippen LogP contribution in [0, 0.1) is 12.3 Å². The molecule has 0 saturated carbocycles. The third-order valence-electron chi connectivity index (χ3n) is 5.24. The van der Waals surface area contributed by atoms with Crippen molar-refractivity contribution >= 4 is 35.7 Å². The molecule has 1 fully saturated rings. The van der Waals surface area contributed by atoms with E-state index in [0.29, 0.717) is 44.8 Å². The highest BCUT2D eigenvalue weighted by molar-refractivity contribution is 5.99. The topological polar surface area (TPSA) is 105 Å². The molecule has 7 nitrogen and oxygen atoms in total. The number of anilines is 2. The summed E-state index contributed by atoms with van der Waals surface area (Å²) in [5, 5.41) is 8.62. The minimum atomic E-state index is -0.554. The lowest BCUT2D eigenvalue weighted by atomic mass is 9.79. The van der Waals surface area contributed by atoms with Gasteiger partial charge in [0.1, 0.15) is 0 Å². The first-order chi connectivity index (χ1) is 14.0. The van der Waals surface area contributed by atoms with Gasteiger partial charge >= 0.3 is 6.03 Å². The molecule has 1 saturated heterocycles. The molecule has 1 aliphatic heterocycles. The maximum Gasteiger partial charge on any atom is 0.323 e. The van der Waals surface area contributed by atoms with Crippen LogP contribution in [0.4, 0.5) is 16.2 Å². The Labute approximate surface area is 183 Å². The molecular formula is C22H29ClN4O3. The van der Waals surface area contributed by atoms with E-state index in [1.807, 2.05) is 49.4 Å². The van der Waals surface area contributed by atoms with Crippen molar-refractivity contribution in [1.82, 2.24) is 5.32 Å². The third kappa shape index (κ3) is 6.19. The summed E-state index contributed by atoms with van der Waals surface area (Å²) in [6, 6.07) is 14.7. The number of hydrogen-bond acceptors (Lipinski definition) is 4. The summed E-state index contributed by atoms with van der Waals surface area (Å²) in [6.07, 6.45) is 1.27. The van der Waals surface area contributed by atoms with Gasteiger partial charge in [0.15, 0.2) is 0 Å². The number of carbonyl (C=O) groups is 2. The Bertz CT molecular complexity index is 869. The van der Waals surface area contributed by atoms with Gasteiger partial charge in [0.05, 0.1) is 5.41 Å². The molecule has 0 bridgehead atoms. The van der Waals surface area contributed by atoms with Crippen molar-refractivity contribution in [2.75, 3.05) is 30.4 Å². The molecule has 0 unspecified atom stereocenters. The molecule has 0 radical (unpaired) electrons. The summed E-state index contributed by atoms with van der Waals surface area (Å²) in [4.78, 5) is 24.9. The molecule has 0 aromatic heterocycles. The van der Waals surface area contributed by atoms with Gasteiger partial charge in [-0.1, -0.05) is 24.3 Å². The van der Waals surface area contributed by atoms with Crippen LogP contribution in [0.15, 0.2) is 48.5 Å². The van der Waals surface area contributed by atoms with E-state index >= 15 is 0 Å². The first-order valence-corrected chi connectivity index (χ1v) is 9.80. The standard InChI is InChI=1S/C22H28N4O3.ClH/c1-16-4-2-6-18(12-16)25-21(28)26-19-7-3-5-17(13-19)14-24-20(27)22(15-23)8-10-29-11-9-22;/h2-7,12-13H,8-11,14-15,23H2,1H3,(H,24,27)(H2,25,26,28);1H. The molecule has 8 heteroatoms. The second-order valence-electron chi connectivity index (χ2n) is 7.43. The maximum atomic E-state index is 12.7. The lowest BCUT2D eigenvalue weighted by Gasteiger charge is -2.34. The molecule has 0 atom stereocenters. The number of ether oxygens (including phenoxy) is 1. The lowest BCUT2D eigenvalue weighted by Crippen LogP contribution is -2.48. The fraction of sp³-hybridized carbons (Fsp3) is 0.364. The van der Waals surface area contributed by atoms with Gasteiger partial charge in [-0.25, -0.2) is 4.79 Å². The Hall–Kier alpha value is -2.61. The van der Waals surface area contributed by atoms with Crippen molar-refractivity contribution in [3.8, 4) is 0 Å². The van der Waals surface area contributed by atoms with Crippen molar-refractivity contribution in [3.63, 3.8) is 0 Å². The average Bonchev–Trinajstić information content (AvgIpc) is 2.72. The highest BCUT2D eigenvalue weighted by atomic mass is 35.5. The highest BCUT2D eigenvalue weighted by Crippen LogP contribution is 2.29.